The van der Waals surface area contributed by atoms with Crippen molar-refractivity contribution in [2.24, 2.45) is 10.7 Å². The minimum Gasteiger partial charge on any atom is -0.370 e. The minimum atomic E-state index is 0.430. The van der Waals surface area contributed by atoms with Gasteiger partial charge in [-0.1, -0.05) is 18.2 Å². The third kappa shape index (κ3) is 4.51. The van der Waals surface area contributed by atoms with Crippen molar-refractivity contribution in [3.63, 3.8) is 0 Å². The van der Waals surface area contributed by atoms with E-state index in [9.17, 15) is 0 Å². The van der Waals surface area contributed by atoms with E-state index in [0.717, 1.165) is 38.4 Å². The van der Waals surface area contributed by atoms with Crippen LogP contribution in [0.3, 0.4) is 0 Å². The Bertz CT molecular complexity index is 423. The van der Waals surface area contributed by atoms with Gasteiger partial charge in [-0.15, -0.1) is 0 Å². The summed E-state index contributed by atoms with van der Waals surface area (Å²) in [5.41, 5.74) is 6.89. The zero-order valence-corrected chi connectivity index (χ0v) is 12.4. The van der Waals surface area contributed by atoms with Crippen LogP contribution in [0, 0.1) is 0 Å². The molecule has 5 heteroatoms. The highest BCUT2D eigenvalue weighted by molar-refractivity contribution is 5.92. The van der Waals surface area contributed by atoms with Crippen LogP contribution >= 0.6 is 0 Å². The molecule has 0 aliphatic carbocycles. The zero-order chi connectivity index (χ0) is 14.4. The Labute approximate surface area is 121 Å². The number of hydrogen-bond acceptors (Lipinski definition) is 3. The van der Waals surface area contributed by atoms with Gasteiger partial charge >= 0.3 is 0 Å². The first-order chi connectivity index (χ1) is 9.65. The second-order valence-corrected chi connectivity index (χ2v) is 5.41. The highest BCUT2D eigenvalue weighted by atomic mass is 15.3. The average Bonchev–Trinajstić information content (AvgIpc) is 2.46. The summed E-state index contributed by atoms with van der Waals surface area (Å²) in [6.07, 6.45) is 0. The third-order valence-electron chi connectivity index (χ3n) is 3.73. The number of likely N-dealkylation sites (N-methyl/N-ethyl adjacent to an activating group) is 1. The van der Waals surface area contributed by atoms with Gasteiger partial charge in [0, 0.05) is 37.9 Å². The molecule has 3 N–H and O–H groups in total. The third-order valence-corrected chi connectivity index (χ3v) is 3.73. The maximum atomic E-state index is 5.92. The molecule has 0 radical (unpaired) electrons. The van der Waals surface area contributed by atoms with Gasteiger partial charge in [0.2, 0.25) is 0 Å². The molecule has 1 aliphatic heterocycles. The molecule has 110 valence electrons. The van der Waals surface area contributed by atoms with Crippen LogP contribution in [-0.2, 0) is 0 Å². The quantitative estimate of drug-likeness (QED) is 0.637. The molecule has 1 fully saturated rings. The van der Waals surface area contributed by atoms with E-state index in [0.29, 0.717) is 12.0 Å². The summed E-state index contributed by atoms with van der Waals surface area (Å²) >= 11 is 0. The lowest BCUT2D eigenvalue weighted by Gasteiger charge is -2.35. The second kappa shape index (κ2) is 7.26. The van der Waals surface area contributed by atoms with Gasteiger partial charge in [0.1, 0.15) is 0 Å². The van der Waals surface area contributed by atoms with Crippen LogP contribution in [0.25, 0.3) is 0 Å². The van der Waals surface area contributed by atoms with Gasteiger partial charge in [-0.05, 0) is 26.1 Å². The molecule has 20 heavy (non-hydrogen) atoms. The highest BCUT2D eigenvalue weighted by Crippen LogP contribution is 2.06. The smallest absolute Gasteiger partial charge is 0.193 e. The molecule has 1 heterocycles. The molecule has 1 atom stereocenters. The number of nitrogens with one attached hydrogen (secondary N) is 1. The van der Waals surface area contributed by atoms with Crippen LogP contribution in [-0.4, -0.2) is 61.6 Å². The number of guanidine groups is 1. The van der Waals surface area contributed by atoms with Gasteiger partial charge in [-0.3, -0.25) is 9.89 Å². The van der Waals surface area contributed by atoms with Crippen molar-refractivity contribution in [1.29, 1.82) is 0 Å². The topological polar surface area (TPSA) is 56.9 Å². The van der Waals surface area contributed by atoms with Gasteiger partial charge in [0.15, 0.2) is 5.96 Å². The molecule has 0 aromatic heterocycles. The Morgan fingerprint density at radius 1 is 1.25 bits per heavy atom. The molecule has 5 nitrogen and oxygen atoms in total. The Hall–Kier alpha value is -1.59. The summed E-state index contributed by atoms with van der Waals surface area (Å²) in [5.74, 6) is 0.483. The van der Waals surface area contributed by atoms with Crippen molar-refractivity contribution in [2.45, 2.75) is 13.0 Å². The fourth-order valence-electron chi connectivity index (χ4n) is 2.32. The fraction of sp³-hybridized carbons (Fsp3) is 0.533. The molecule has 0 amide bonds. The van der Waals surface area contributed by atoms with Gasteiger partial charge in [0.25, 0.3) is 0 Å². The maximum Gasteiger partial charge on any atom is 0.193 e. The van der Waals surface area contributed by atoms with Gasteiger partial charge in [-0.25, -0.2) is 0 Å². The number of nitrogens with zero attached hydrogens (tertiary/aromatic N) is 3. The van der Waals surface area contributed by atoms with Crippen molar-refractivity contribution in [3.8, 4) is 0 Å². The summed E-state index contributed by atoms with van der Waals surface area (Å²) in [4.78, 5) is 9.27. The van der Waals surface area contributed by atoms with Crippen LogP contribution in [0.15, 0.2) is 35.3 Å². The van der Waals surface area contributed by atoms with Crippen LogP contribution in [0.5, 0.6) is 0 Å². The number of hydrogen-bond donors (Lipinski definition) is 2. The molecular weight excluding hydrogens is 250 g/mol. The first kappa shape index (κ1) is 14.8. The Morgan fingerprint density at radius 2 is 1.90 bits per heavy atom. The number of benzene rings is 1. The summed E-state index contributed by atoms with van der Waals surface area (Å²) < 4.78 is 0. The normalized spacial score (nSPS) is 19.8. The lowest BCUT2D eigenvalue weighted by atomic mass is 10.2. The Morgan fingerprint density at radius 3 is 2.55 bits per heavy atom. The largest absolute Gasteiger partial charge is 0.370 e. The molecule has 1 aliphatic rings. The van der Waals surface area contributed by atoms with Crippen molar-refractivity contribution < 1.29 is 0 Å². The molecule has 0 saturated carbocycles. The van der Waals surface area contributed by atoms with Gasteiger partial charge in [-0.2, -0.15) is 0 Å². The van der Waals surface area contributed by atoms with E-state index in [-0.39, 0.29) is 0 Å². The molecule has 1 aromatic rings. The molecule has 2 rings (SSSR count). The van der Waals surface area contributed by atoms with Crippen LogP contribution in [0.4, 0.5) is 5.69 Å². The number of piperazine rings is 1. The SMILES string of the molecule is CC(CN=C(N)Nc1ccccc1)N1CCN(C)CC1. The molecular formula is C15H25N5. The van der Waals surface area contributed by atoms with Crippen LogP contribution in [0.1, 0.15) is 6.92 Å². The minimum absolute atomic E-state index is 0.430. The summed E-state index contributed by atoms with van der Waals surface area (Å²) in [6.45, 7) is 7.43. The molecule has 1 aromatic carbocycles. The van der Waals surface area contributed by atoms with E-state index in [1.54, 1.807) is 0 Å². The van der Waals surface area contributed by atoms with E-state index in [4.69, 9.17) is 5.73 Å². The van der Waals surface area contributed by atoms with E-state index in [1.165, 1.54) is 0 Å². The number of rotatable bonds is 4. The number of anilines is 1. The van der Waals surface area contributed by atoms with Crippen LogP contribution in [0.2, 0.25) is 0 Å². The molecule has 0 spiro atoms. The maximum absolute atomic E-state index is 5.92. The summed E-state index contributed by atoms with van der Waals surface area (Å²) in [6, 6.07) is 10.3. The molecule has 1 saturated heterocycles. The average molecular weight is 275 g/mol. The predicted octanol–water partition coefficient (Wildman–Crippen LogP) is 1.05. The Kier molecular flexibility index (Phi) is 5.38. The predicted molar refractivity (Wildman–Crippen MR) is 85.1 cm³/mol. The lowest BCUT2D eigenvalue weighted by Crippen LogP contribution is -2.49. The lowest BCUT2D eigenvalue weighted by molar-refractivity contribution is 0.122. The fourth-order valence-corrected chi connectivity index (χ4v) is 2.32. The van der Waals surface area contributed by atoms with Gasteiger partial charge in [0.05, 0.1) is 6.54 Å². The van der Waals surface area contributed by atoms with Crippen molar-refractivity contribution >= 4 is 11.6 Å². The van der Waals surface area contributed by atoms with E-state index in [2.05, 4.69) is 34.1 Å². The zero-order valence-electron chi connectivity index (χ0n) is 12.4. The number of para-hydroxylation sites is 1. The highest BCUT2D eigenvalue weighted by Gasteiger charge is 2.18. The van der Waals surface area contributed by atoms with Crippen LogP contribution < -0.4 is 11.1 Å². The Balaban J connectivity index is 1.79. The first-order valence-electron chi connectivity index (χ1n) is 7.20. The number of aliphatic imine (C=N–C) groups is 1. The number of nitrogens with two attached hydrogens (primary N) is 1. The standard InChI is InChI=1S/C15H25N5/c1-13(20-10-8-19(2)9-11-20)12-17-15(16)18-14-6-4-3-5-7-14/h3-7,13H,8-12H2,1-2H3,(H3,16,17,18). The first-order valence-corrected chi connectivity index (χ1v) is 7.20. The van der Waals surface area contributed by atoms with E-state index >= 15 is 0 Å². The monoisotopic (exact) mass is 275 g/mol. The van der Waals surface area contributed by atoms with E-state index in [1.807, 2.05) is 30.3 Å². The molecule has 1 unspecified atom stereocenters. The summed E-state index contributed by atoms with van der Waals surface area (Å²) in [5, 5.41) is 3.11. The summed E-state index contributed by atoms with van der Waals surface area (Å²) in [7, 11) is 2.17. The van der Waals surface area contributed by atoms with Crippen molar-refractivity contribution in [2.75, 3.05) is 45.1 Å². The molecule has 0 bridgehead atoms. The van der Waals surface area contributed by atoms with Crippen molar-refractivity contribution in [3.05, 3.63) is 30.3 Å². The van der Waals surface area contributed by atoms with Crippen molar-refractivity contribution in [1.82, 2.24) is 9.80 Å². The van der Waals surface area contributed by atoms with Gasteiger partial charge < -0.3 is 16.0 Å². The van der Waals surface area contributed by atoms with E-state index < -0.39 is 0 Å². The second-order valence-electron chi connectivity index (χ2n) is 5.41.